The highest BCUT2D eigenvalue weighted by Crippen LogP contribution is 2.22. The van der Waals surface area contributed by atoms with Crippen LogP contribution in [0, 0.1) is 13.8 Å². The zero-order chi connectivity index (χ0) is 16.1. The highest BCUT2D eigenvalue weighted by atomic mass is 16.5. The van der Waals surface area contributed by atoms with Gasteiger partial charge < -0.3 is 14.6 Å². The molecule has 0 spiro atoms. The van der Waals surface area contributed by atoms with Gasteiger partial charge >= 0.3 is 5.97 Å². The third-order valence-corrected chi connectivity index (χ3v) is 3.63. The molecule has 0 heterocycles. The first-order valence-electron chi connectivity index (χ1n) is 7.10. The highest BCUT2D eigenvalue weighted by molar-refractivity contribution is 5.73. The van der Waals surface area contributed by atoms with Crippen LogP contribution in [0.25, 0.3) is 0 Å². The van der Waals surface area contributed by atoms with E-state index in [9.17, 15) is 9.90 Å². The molecule has 0 saturated carbocycles. The summed E-state index contributed by atoms with van der Waals surface area (Å²) in [5, 5.41) is 9.45. The second-order valence-corrected chi connectivity index (χ2v) is 5.20. The number of carboxylic acid groups (broad SMARTS) is 1. The molecule has 4 nitrogen and oxygen atoms in total. The van der Waals surface area contributed by atoms with E-state index >= 15 is 0 Å². The largest absolute Gasteiger partial charge is 0.497 e. The molecule has 0 aromatic heterocycles. The van der Waals surface area contributed by atoms with Gasteiger partial charge in [-0.3, -0.25) is 0 Å². The molecular weight excluding hydrogens is 280 g/mol. The topological polar surface area (TPSA) is 55.8 Å². The molecule has 1 atom stereocenters. The fraction of sp³-hybridized carbons (Fsp3) is 0.278. The maximum atomic E-state index is 11.5. The Morgan fingerprint density at radius 1 is 1.09 bits per heavy atom. The van der Waals surface area contributed by atoms with Crippen molar-refractivity contribution in [1.29, 1.82) is 0 Å². The summed E-state index contributed by atoms with van der Waals surface area (Å²) < 4.78 is 10.8. The summed E-state index contributed by atoms with van der Waals surface area (Å²) in [6.07, 6.45) is -0.614. The van der Waals surface area contributed by atoms with Gasteiger partial charge in [0.05, 0.1) is 7.11 Å². The number of benzene rings is 2. The van der Waals surface area contributed by atoms with Crippen molar-refractivity contribution in [2.24, 2.45) is 0 Å². The molecule has 4 heteroatoms. The van der Waals surface area contributed by atoms with Gasteiger partial charge in [-0.2, -0.15) is 0 Å². The van der Waals surface area contributed by atoms with E-state index in [2.05, 4.69) is 0 Å². The Morgan fingerprint density at radius 2 is 1.68 bits per heavy atom. The van der Waals surface area contributed by atoms with E-state index in [1.54, 1.807) is 31.4 Å². The van der Waals surface area contributed by atoms with E-state index < -0.39 is 12.1 Å². The van der Waals surface area contributed by atoms with Gasteiger partial charge in [-0.05, 0) is 42.7 Å². The zero-order valence-electron chi connectivity index (χ0n) is 13.0. The summed E-state index contributed by atoms with van der Waals surface area (Å²) in [4.78, 5) is 11.5. The Morgan fingerprint density at radius 3 is 2.27 bits per heavy atom. The molecule has 0 fully saturated rings. The van der Waals surface area contributed by atoms with Crippen molar-refractivity contribution in [3.63, 3.8) is 0 Å². The van der Waals surface area contributed by atoms with Crippen LogP contribution in [0.2, 0.25) is 0 Å². The number of hydrogen-bond acceptors (Lipinski definition) is 3. The fourth-order valence-electron chi connectivity index (χ4n) is 2.37. The van der Waals surface area contributed by atoms with E-state index in [4.69, 9.17) is 9.47 Å². The van der Waals surface area contributed by atoms with Crippen LogP contribution in [0.1, 0.15) is 16.7 Å². The molecule has 22 heavy (non-hydrogen) atoms. The minimum atomic E-state index is -0.981. The third kappa shape index (κ3) is 3.79. The lowest BCUT2D eigenvalue weighted by Gasteiger charge is -2.18. The van der Waals surface area contributed by atoms with Gasteiger partial charge in [0, 0.05) is 12.5 Å². The van der Waals surface area contributed by atoms with Gasteiger partial charge in [0.15, 0.2) is 6.10 Å². The smallest absolute Gasteiger partial charge is 0.345 e. The lowest BCUT2D eigenvalue weighted by atomic mass is 9.97. The SMILES string of the molecule is COc1cccc(O[C@@H](Cc2c(C)cccc2C)C(=O)O)c1. The summed E-state index contributed by atoms with van der Waals surface area (Å²) in [5.41, 5.74) is 3.15. The zero-order valence-corrected chi connectivity index (χ0v) is 13.0. The van der Waals surface area contributed by atoms with Gasteiger partial charge in [-0.1, -0.05) is 24.3 Å². The number of carboxylic acids is 1. The van der Waals surface area contributed by atoms with Crippen LogP contribution < -0.4 is 9.47 Å². The maximum absolute atomic E-state index is 11.5. The maximum Gasteiger partial charge on any atom is 0.345 e. The molecule has 116 valence electrons. The summed E-state index contributed by atoms with van der Waals surface area (Å²) in [6, 6.07) is 12.9. The van der Waals surface area contributed by atoms with Gasteiger partial charge in [0.25, 0.3) is 0 Å². The quantitative estimate of drug-likeness (QED) is 0.888. The van der Waals surface area contributed by atoms with Gasteiger partial charge in [-0.25, -0.2) is 4.79 Å². The van der Waals surface area contributed by atoms with E-state index in [-0.39, 0.29) is 0 Å². The first kappa shape index (κ1) is 15.9. The van der Waals surface area contributed by atoms with Crippen molar-refractivity contribution < 1.29 is 19.4 Å². The Hall–Kier alpha value is -2.49. The van der Waals surface area contributed by atoms with Crippen molar-refractivity contribution in [2.75, 3.05) is 7.11 Å². The van der Waals surface area contributed by atoms with Crippen LogP contribution in [0.15, 0.2) is 42.5 Å². The molecule has 0 bridgehead atoms. The lowest BCUT2D eigenvalue weighted by Crippen LogP contribution is -2.30. The summed E-state index contributed by atoms with van der Waals surface area (Å²) >= 11 is 0. The van der Waals surface area contributed by atoms with E-state index in [0.29, 0.717) is 17.9 Å². The normalized spacial score (nSPS) is 11.8. The van der Waals surface area contributed by atoms with Crippen molar-refractivity contribution in [1.82, 2.24) is 0 Å². The molecule has 0 aliphatic rings. The molecule has 0 amide bonds. The minimum absolute atomic E-state index is 0.324. The number of aliphatic carboxylic acids is 1. The molecule has 2 aromatic carbocycles. The van der Waals surface area contributed by atoms with Crippen LogP contribution >= 0.6 is 0 Å². The van der Waals surface area contributed by atoms with Crippen molar-refractivity contribution >= 4 is 5.97 Å². The summed E-state index contributed by atoms with van der Waals surface area (Å²) in [7, 11) is 1.56. The number of carbonyl (C=O) groups is 1. The standard InChI is InChI=1S/C18H20O4/c1-12-6-4-7-13(2)16(12)11-17(18(19)20)22-15-9-5-8-14(10-15)21-3/h4-10,17H,11H2,1-3H3,(H,19,20)/t17-/m0/s1. The average Bonchev–Trinajstić information content (AvgIpc) is 2.50. The van der Waals surface area contributed by atoms with Gasteiger partial charge in [-0.15, -0.1) is 0 Å². The lowest BCUT2D eigenvalue weighted by molar-refractivity contribution is -0.145. The Kier molecular flexibility index (Phi) is 5.04. The predicted octanol–water partition coefficient (Wildman–Crippen LogP) is 3.39. The minimum Gasteiger partial charge on any atom is -0.497 e. The molecule has 2 rings (SSSR count). The van der Waals surface area contributed by atoms with E-state index in [0.717, 1.165) is 16.7 Å². The second-order valence-electron chi connectivity index (χ2n) is 5.20. The number of aryl methyl sites for hydroxylation is 2. The van der Waals surface area contributed by atoms with Crippen LogP contribution in [0.4, 0.5) is 0 Å². The molecule has 0 radical (unpaired) electrons. The summed E-state index contributed by atoms with van der Waals surface area (Å²) in [6.45, 7) is 3.96. The molecule has 0 saturated heterocycles. The van der Waals surface area contributed by atoms with Gasteiger partial charge in [0.1, 0.15) is 11.5 Å². The Labute approximate surface area is 130 Å². The molecule has 0 unspecified atom stereocenters. The third-order valence-electron chi connectivity index (χ3n) is 3.63. The average molecular weight is 300 g/mol. The molecule has 1 N–H and O–H groups in total. The second kappa shape index (κ2) is 6.98. The number of ether oxygens (including phenoxy) is 2. The predicted molar refractivity (Wildman–Crippen MR) is 84.7 cm³/mol. The monoisotopic (exact) mass is 300 g/mol. The van der Waals surface area contributed by atoms with Crippen LogP contribution in [0.3, 0.4) is 0 Å². The number of rotatable bonds is 6. The Bertz CT molecular complexity index is 644. The van der Waals surface area contributed by atoms with Gasteiger partial charge in [0.2, 0.25) is 0 Å². The van der Waals surface area contributed by atoms with Crippen LogP contribution in [-0.4, -0.2) is 24.3 Å². The Balaban J connectivity index is 2.22. The molecule has 0 aliphatic heterocycles. The first-order valence-corrected chi connectivity index (χ1v) is 7.10. The fourth-order valence-corrected chi connectivity index (χ4v) is 2.37. The molecule has 0 aliphatic carbocycles. The van der Waals surface area contributed by atoms with Crippen molar-refractivity contribution in [3.05, 3.63) is 59.2 Å². The molecular formula is C18H20O4. The van der Waals surface area contributed by atoms with Crippen molar-refractivity contribution in [2.45, 2.75) is 26.4 Å². The molecule has 2 aromatic rings. The first-order chi connectivity index (χ1) is 10.5. The number of hydrogen-bond donors (Lipinski definition) is 1. The van der Waals surface area contributed by atoms with E-state index in [1.807, 2.05) is 32.0 Å². The number of methoxy groups -OCH3 is 1. The van der Waals surface area contributed by atoms with Crippen LogP contribution in [0.5, 0.6) is 11.5 Å². The van der Waals surface area contributed by atoms with Crippen LogP contribution in [-0.2, 0) is 11.2 Å². The van der Waals surface area contributed by atoms with Crippen molar-refractivity contribution in [3.8, 4) is 11.5 Å². The van der Waals surface area contributed by atoms with E-state index in [1.165, 1.54) is 0 Å². The highest BCUT2D eigenvalue weighted by Gasteiger charge is 2.22. The summed E-state index contributed by atoms with van der Waals surface area (Å²) in [5.74, 6) is 0.136.